The number of sulfonamides is 1. The van der Waals surface area contributed by atoms with Gasteiger partial charge in [0.1, 0.15) is 5.82 Å². The smallest absolute Gasteiger partial charge is 0.241 e. The summed E-state index contributed by atoms with van der Waals surface area (Å²) in [6.45, 7) is 4.99. The Kier molecular flexibility index (Phi) is 4.99. The third-order valence-electron chi connectivity index (χ3n) is 3.61. The highest BCUT2D eigenvalue weighted by Crippen LogP contribution is 2.26. The van der Waals surface area contributed by atoms with E-state index in [1.54, 1.807) is 6.07 Å². The van der Waals surface area contributed by atoms with E-state index < -0.39 is 10.0 Å². The number of hydrogen-bond acceptors (Lipinski definition) is 4. The van der Waals surface area contributed by atoms with Gasteiger partial charge in [0.05, 0.1) is 4.90 Å². The number of aromatic nitrogens is 1. The number of hydrogen-bond donors (Lipinski definition) is 2. The predicted molar refractivity (Wildman–Crippen MR) is 80.1 cm³/mol. The molecular formula is C14H23N3O2S. The van der Waals surface area contributed by atoms with Gasteiger partial charge in [0, 0.05) is 24.8 Å². The van der Waals surface area contributed by atoms with Gasteiger partial charge >= 0.3 is 0 Å². The van der Waals surface area contributed by atoms with E-state index in [0.717, 1.165) is 32.2 Å². The SMILES string of the molecule is CCCNc1cc(S(=O)(=O)NC2CCC(C)C2)ccn1. The molecule has 0 radical (unpaired) electrons. The minimum atomic E-state index is -3.44. The van der Waals surface area contributed by atoms with Crippen molar-refractivity contribution in [3.8, 4) is 0 Å². The molecule has 0 aromatic carbocycles. The van der Waals surface area contributed by atoms with Crippen LogP contribution in [0.1, 0.15) is 39.5 Å². The van der Waals surface area contributed by atoms with Crippen LogP contribution in [0.2, 0.25) is 0 Å². The van der Waals surface area contributed by atoms with E-state index >= 15 is 0 Å². The Morgan fingerprint density at radius 2 is 2.20 bits per heavy atom. The minimum Gasteiger partial charge on any atom is -0.370 e. The number of nitrogens with one attached hydrogen (secondary N) is 2. The van der Waals surface area contributed by atoms with E-state index in [0.29, 0.717) is 11.7 Å². The summed E-state index contributed by atoms with van der Waals surface area (Å²) in [5, 5.41) is 3.10. The van der Waals surface area contributed by atoms with Gasteiger partial charge in [0.15, 0.2) is 0 Å². The summed E-state index contributed by atoms with van der Waals surface area (Å²) in [7, 11) is -3.44. The second kappa shape index (κ2) is 6.54. The van der Waals surface area contributed by atoms with Gasteiger partial charge in [-0.25, -0.2) is 18.1 Å². The molecule has 2 atom stereocenters. The van der Waals surface area contributed by atoms with Crippen LogP contribution in [0.5, 0.6) is 0 Å². The van der Waals surface area contributed by atoms with Crippen molar-refractivity contribution in [3.05, 3.63) is 18.3 Å². The molecule has 0 bridgehead atoms. The summed E-state index contributed by atoms with van der Waals surface area (Å²) in [4.78, 5) is 4.41. The zero-order valence-electron chi connectivity index (χ0n) is 12.1. The maximum atomic E-state index is 12.4. The van der Waals surface area contributed by atoms with E-state index in [1.807, 2.05) is 0 Å². The molecule has 6 heteroatoms. The van der Waals surface area contributed by atoms with Crippen molar-refractivity contribution >= 4 is 15.8 Å². The highest BCUT2D eigenvalue weighted by Gasteiger charge is 2.26. The van der Waals surface area contributed by atoms with Crippen molar-refractivity contribution in [3.63, 3.8) is 0 Å². The average Bonchev–Trinajstić information content (AvgIpc) is 2.81. The van der Waals surface area contributed by atoms with E-state index in [9.17, 15) is 8.42 Å². The van der Waals surface area contributed by atoms with Crippen LogP contribution in [0.3, 0.4) is 0 Å². The normalized spacial score (nSPS) is 22.9. The van der Waals surface area contributed by atoms with Crippen LogP contribution in [0.25, 0.3) is 0 Å². The largest absolute Gasteiger partial charge is 0.370 e. The standard InChI is InChI=1S/C14H23N3O2S/c1-3-7-15-14-10-13(6-8-16-14)20(18,19)17-12-5-4-11(2)9-12/h6,8,10-12,17H,3-5,7,9H2,1-2H3,(H,15,16). The van der Waals surface area contributed by atoms with E-state index in [4.69, 9.17) is 0 Å². The first-order chi connectivity index (χ1) is 9.51. The minimum absolute atomic E-state index is 0.0650. The van der Waals surface area contributed by atoms with E-state index in [1.165, 1.54) is 12.3 Å². The highest BCUT2D eigenvalue weighted by atomic mass is 32.2. The monoisotopic (exact) mass is 297 g/mol. The van der Waals surface area contributed by atoms with Gasteiger partial charge in [-0.2, -0.15) is 0 Å². The average molecular weight is 297 g/mol. The van der Waals surface area contributed by atoms with Gasteiger partial charge in [0.2, 0.25) is 10.0 Å². The van der Waals surface area contributed by atoms with Crippen LogP contribution < -0.4 is 10.0 Å². The summed E-state index contributed by atoms with van der Waals surface area (Å²) in [5.74, 6) is 1.21. The molecule has 2 unspecified atom stereocenters. The fourth-order valence-corrected chi connectivity index (χ4v) is 3.83. The molecule has 2 rings (SSSR count). The van der Waals surface area contributed by atoms with Gasteiger partial charge in [-0.05, 0) is 37.7 Å². The molecule has 1 aliphatic rings. The molecule has 1 fully saturated rings. The molecular weight excluding hydrogens is 274 g/mol. The van der Waals surface area contributed by atoms with Crippen LogP contribution in [0, 0.1) is 5.92 Å². The lowest BCUT2D eigenvalue weighted by atomic mass is 10.1. The molecule has 0 aliphatic heterocycles. The third-order valence-corrected chi connectivity index (χ3v) is 5.13. The van der Waals surface area contributed by atoms with Gasteiger partial charge in [-0.3, -0.25) is 0 Å². The van der Waals surface area contributed by atoms with Crippen LogP contribution in [-0.4, -0.2) is 26.0 Å². The second-order valence-corrected chi connectivity index (χ2v) is 7.25. The molecule has 0 saturated heterocycles. The molecule has 0 amide bonds. The fourth-order valence-electron chi connectivity index (χ4n) is 2.53. The summed E-state index contributed by atoms with van der Waals surface area (Å²) >= 11 is 0. The van der Waals surface area contributed by atoms with Crippen LogP contribution >= 0.6 is 0 Å². The molecule has 0 spiro atoms. The number of anilines is 1. The highest BCUT2D eigenvalue weighted by molar-refractivity contribution is 7.89. The van der Waals surface area contributed by atoms with Gasteiger partial charge in [-0.1, -0.05) is 13.8 Å². The Bertz CT molecular complexity index is 545. The zero-order valence-corrected chi connectivity index (χ0v) is 12.9. The number of rotatable bonds is 6. The molecule has 112 valence electrons. The molecule has 1 aromatic heterocycles. The first-order valence-electron chi connectivity index (χ1n) is 7.23. The molecule has 5 nitrogen and oxygen atoms in total. The van der Waals surface area contributed by atoms with E-state index in [-0.39, 0.29) is 10.9 Å². The molecule has 1 aliphatic carbocycles. The summed E-state index contributed by atoms with van der Waals surface area (Å²) < 4.78 is 27.5. The fraction of sp³-hybridized carbons (Fsp3) is 0.643. The van der Waals surface area contributed by atoms with Crippen molar-refractivity contribution in [2.75, 3.05) is 11.9 Å². The second-order valence-electron chi connectivity index (χ2n) is 5.54. The zero-order chi connectivity index (χ0) is 14.6. The molecule has 2 N–H and O–H groups in total. The van der Waals surface area contributed by atoms with Crippen LogP contribution in [0.15, 0.2) is 23.2 Å². The van der Waals surface area contributed by atoms with Crippen molar-refractivity contribution in [1.29, 1.82) is 0 Å². The van der Waals surface area contributed by atoms with Crippen LogP contribution in [0.4, 0.5) is 5.82 Å². The lowest BCUT2D eigenvalue weighted by molar-refractivity contribution is 0.538. The van der Waals surface area contributed by atoms with Gasteiger partial charge < -0.3 is 5.32 Å². The molecule has 20 heavy (non-hydrogen) atoms. The van der Waals surface area contributed by atoms with Crippen molar-refractivity contribution < 1.29 is 8.42 Å². The lowest BCUT2D eigenvalue weighted by Crippen LogP contribution is -2.33. The number of nitrogens with zero attached hydrogens (tertiary/aromatic N) is 1. The molecule has 1 saturated carbocycles. The Morgan fingerprint density at radius 3 is 2.85 bits per heavy atom. The summed E-state index contributed by atoms with van der Waals surface area (Å²) in [6, 6.07) is 3.20. The lowest BCUT2D eigenvalue weighted by Gasteiger charge is -2.13. The Morgan fingerprint density at radius 1 is 1.40 bits per heavy atom. The van der Waals surface area contributed by atoms with Gasteiger partial charge in [0.25, 0.3) is 0 Å². The third kappa shape index (κ3) is 3.93. The maximum absolute atomic E-state index is 12.4. The quantitative estimate of drug-likeness (QED) is 0.845. The first-order valence-corrected chi connectivity index (χ1v) is 8.72. The maximum Gasteiger partial charge on any atom is 0.241 e. The Balaban J connectivity index is 2.08. The topological polar surface area (TPSA) is 71.1 Å². The Hall–Kier alpha value is -1.14. The molecule has 1 aromatic rings. The van der Waals surface area contributed by atoms with Crippen LogP contribution in [-0.2, 0) is 10.0 Å². The first kappa shape index (κ1) is 15.3. The van der Waals surface area contributed by atoms with Crippen molar-refractivity contribution in [1.82, 2.24) is 9.71 Å². The molecule has 1 heterocycles. The van der Waals surface area contributed by atoms with Gasteiger partial charge in [-0.15, -0.1) is 0 Å². The summed E-state index contributed by atoms with van der Waals surface area (Å²) in [6.07, 6.45) is 5.44. The van der Waals surface area contributed by atoms with E-state index in [2.05, 4.69) is 28.9 Å². The number of pyridine rings is 1. The van der Waals surface area contributed by atoms with Crippen molar-refractivity contribution in [2.24, 2.45) is 5.92 Å². The Labute approximate surface area is 121 Å². The predicted octanol–water partition coefficient (Wildman–Crippen LogP) is 2.37. The van der Waals surface area contributed by atoms with Crippen molar-refractivity contribution in [2.45, 2.75) is 50.5 Å². The summed E-state index contributed by atoms with van der Waals surface area (Å²) in [5.41, 5.74) is 0.